The normalized spacial score (nSPS) is 22.5. The number of nitrogens with one attached hydrogen (secondary N) is 1. The summed E-state index contributed by atoms with van der Waals surface area (Å²) in [6.07, 6.45) is 0.449. The highest BCUT2D eigenvalue weighted by molar-refractivity contribution is 7.89. The molecule has 0 aromatic heterocycles. The second-order valence-electron chi connectivity index (χ2n) is 6.85. The molecule has 0 radical (unpaired) electrons. The van der Waals surface area contributed by atoms with Crippen LogP contribution >= 0.6 is 0 Å². The van der Waals surface area contributed by atoms with Gasteiger partial charge in [-0.15, -0.1) is 0 Å². The zero-order valence-electron chi connectivity index (χ0n) is 14.7. The van der Waals surface area contributed by atoms with Crippen molar-refractivity contribution >= 4 is 21.6 Å². The van der Waals surface area contributed by atoms with E-state index in [1.165, 1.54) is 4.31 Å². The number of carbonyl (C=O) groups is 1. The van der Waals surface area contributed by atoms with Crippen molar-refractivity contribution in [2.24, 2.45) is 0 Å². The Kier molecular flexibility index (Phi) is 3.82. The highest BCUT2D eigenvalue weighted by atomic mass is 32.2. The van der Waals surface area contributed by atoms with E-state index in [1.807, 2.05) is 13.0 Å². The molecule has 1 fully saturated rings. The molecule has 6 nitrogen and oxygen atoms in total. The third-order valence-electron chi connectivity index (χ3n) is 5.32. The van der Waals surface area contributed by atoms with Gasteiger partial charge in [0.05, 0.1) is 17.4 Å². The van der Waals surface area contributed by atoms with Crippen LogP contribution in [0, 0.1) is 6.92 Å². The molecular formula is C19H20N2O4S. The van der Waals surface area contributed by atoms with Crippen molar-refractivity contribution in [1.82, 2.24) is 4.31 Å². The fourth-order valence-electron chi connectivity index (χ4n) is 3.76. The van der Waals surface area contributed by atoms with Crippen LogP contribution in [0.15, 0.2) is 47.4 Å². The molecule has 1 atom stereocenters. The van der Waals surface area contributed by atoms with Gasteiger partial charge >= 0.3 is 0 Å². The molecule has 7 heteroatoms. The minimum absolute atomic E-state index is 0.134. The highest BCUT2D eigenvalue weighted by Gasteiger charge is 2.53. The lowest BCUT2D eigenvalue weighted by atomic mass is 9.81. The number of anilines is 1. The monoisotopic (exact) mass is 372 g/mol. The summed E-state index contributed by atoms with van der Waals surface area (Å²) < 4.78 is 32.7. The number of benzene rings is 2. The van der Waals surface area contributed by atoms with Crippen LogP contribution < -0.4 is 10.1 Å². The predicted molar refractivity (Wildman–Crippen MR) is 97.9 cm³/mol. The number of sulfonamides is 1. The van der Waals surface area contributed by atoms with E-state index < -0.39 is 15.4 Å². The summed E-state index contributed by atoms with van der Waals surface area (Å²) in [4.78, 5) is 13.0. The summed E-state index contributed by atoms with van der Waals surface area (Å²) in [7, 11) is -2.07. The first-order valence-electron chi connectivity index (χ1n) is 8.44. The van der Waals surface area contributed by atoms with Crippen molar-refractivity contribution in [2.75, 3.05) is 25.5 Å². The fraction of sp³-hybridized carbons (Fsp3) is 0.316. The summed E-state index contributed by atoms with van der Waals surface area (Å²) in [6, 6.07) is 12.2. The molecule has 2 heterocycles. The Balaban J connectivity index is 1.71. The Hall–Kier alpha value is -2.38. The average molecular weight is 372 g/mol. The van der Waals surface area contributed by atoms with Gasteiger partial charge in [0.25, 0.3) is 0 Å². The van der Waals surface area contributed by atoms with Gasteiger partial charge in [0.1, 0.15) is 5.75 Å². The maximum absolute atomic E-state index is 13.0. The van der Waals surface area contributed by atoms with Gasteiger partial charge in [-0.2, -0.15) is 4.31 Å². The number of hydrogen-bond donors (Lipinski definition) is 1. The van der Waals surface area contributed by atoms with Gasteiger partial charge in [-0.05, 0) is 49.2 Å². The molecule has 1 spiro atoms. The Labute approximate surface area is 152 Å². The molecule has 2 aromatic rings. The van der Waals surface area contributed by atoms with Crippen molar-refractivity contribution in [3.05, 3.63) is 53.6 Å². The van der Waals surface area contributed by atoms with Gasteiger partial charge in [-0.1, -0.05) is 17.7 Å². The number of nitrogens with zero attached hydrogens (tertiary/aromatic N) is 1. The quantitative estimate of drug-likeness (QED) is 0.897. The second-order valence-corrected chi connectivity index (χ2v) is 8.79. The third kappa shape index (κ3) is 2.42. The molecule has 136 valence electrons. The molecule has 2 aliphatic heterocycles. The first kappa shape index (κ1) is 17.1. The first-order chi connectivity index (χ1) is 12.4. The van der Waals surface area contributed by atoms with Crippen LogP contribution in [-0.2, 0) is 20.2 Å². The summed E-state index contributed by atoms with van der Waals surface area (Å²) in [5.74, 6) is 0.502. The number of carbonyl (C=O) groups excluding carboxylic acids is 1. The van der Waals surface area contributed by atoms with Crippen molar-refractivity contribution in [3.8, 4) is 5.75 Å². The van der Waals surface area contributed by atoms with Gasteiger partial charge in [-0.3, -0.25) is 4.79 Å². The molecule has 0 aliphatic carbocycles. The Morgan fingerprint density at radius 3 is 2.58 bits per heavy atom. The molecule has 0 unspecified atom stereocenters. The van der Waals surface area contributed by atoms with Crippen molar-refractivity contribution < 1.29 is 17.9 Å². The standard InChI is InChI=1S/C19H20N2O4S/c1-13-3-6-15(7-4-13)26(23,24)21-10-9-19(12-21)16-11-14(25-2)5-8-17(16)20-18(19)22/h3-8,11H,9-10,12H2,1-2H3,(H,20,22)/t19-/m0/s1. The molecule has 26 heavy (non-hydrogen) atoms. The van der Waals surface area contributed by atoms with Crippen molar-refractivity contribution in [3.63, 3.8) is 0 Å². The van der Waals surface area contributed by atoms with Crippen LogP contribution in [-0.4, -0.2) is 38.8 Å². The van der Waals surface area contributed by atoms with E-state index in [0.717, 1.165) is 16.8 Å². The highest BCUT2D eigenvalue weighted by Crippen LogP contribution is 2.46. The minimum atomic E-state index is -3.64. The Bertz CT molecular complexity index is 985. The zero-order chi connectivity index (χ0) is 18.5. The minimum Gasteiger partial charge on any atom is -0.497 e. The first-order valence-corrected chi connectivity index (χ1v) is 9.88. The van der Waals surface area contributed by atoms with Gasteiger partial charge in [-0.25, -0.2) is 8.42 Å². The SMILES string of the molecule is COc1ccc2c(c1)[C@@]1(CCN(S(=O)(=O)c3ccc(C)cc3)C1)C(=O)N2. The van der Waals surface area contributed by atoms with E-state index in [4.69, 9.17) is 4.74 Å². The lowest BCUT2D eigenvalue weighted by molar-refractivity contribution is -0.120. The summed E-state index contributed by atoms with van der Waals surface area (Å²) in [6.45, 7) is 2.35. The van der Waals surface area contributed by atoms with E-state index in [1.54, 1.807) is 43.5 Å². The number of aryl methyl sites for hydroxylation is 1. The number of rotatable bonds is 3. The van der Waals surface area contributed by atoms with E-state index >= 15 is 0 Å². The molecular weight excluding hydrogens is 352 g/mol. The van der Waals surface area contributed by atoms with Crippen LogP contribution in [0.1, 0.15) is 17.5 Å². The van der Waals surface area contributed by atoms with Gasteiger partial charge in [0.15, 0.2) is 0 Å². The maximum atomic E-state index is 13.0. The Morgan fingerprint density at radius 2 is 1.88 bits per heavy atom. The maximum Gasteiger partial charge on any atom is 0.243 e. The molecule has 0 bridgehead atoms. The summed E-state index contributed by atoms with van der Waals surface area (Å²) in [5.41, 5.74) is 1.67. The Morgan fingerprint density at radius 1 is 1.15 bits per heavy atom. The third-order valence-corrected chi connectivity index (χ3v) is 7.18. The molecule has 2 aliphatic rings. The van der Waals surface area contributed by atoms with Crippen LogP contribution in [0.2, 0.25) is 0 Å². The molecule has 1 N–H and O–H groups in total. The lowest BCUT2D eigenvalue weighted by Gasteiger charge is -2.23. The molecule has 4 rings (SSSR count). The lowest BCUT2D eigenvalue weighted by Crippen LogP contribution is -2.39. The van der Waals surface area contributed by atoms with E-state index in [9.17, 15) is 13.2 Å². The van der Waals surface area contributed by atoms with Crippen LogP contribution in [0.5, 0.6) is 5.75 Å². The second kappa shape index (κ2) is 5.82. The van der Waals surface area contributed by atoms with Gasteiger partial charge < -0.3 is 10.1 Å². The molecule has 1 saturated heterocycles. The molecule has 0 saturated carbocycles. The number of ether oxygens (including phenoxy) is 1. The topological polar surface area (TPSA) is 75.7 Å². The summed E-state index contributed by atoms with van der Waals surface area (Å²) in [5, 5.41) is 2.88. The van der Waals surface area contributed by atoms with E-state index in [-0.39, 0.29) is 17.3 Å². The van der Waals surface area contributed by atoms with Gasteiger partial charge in [0.2, 0.25) is 15.9 Å². The molecule has 2 aromatic carbocycles. The van der Waals surface area contributed by atoms with E-state index in [2.05, 4.69) is 5.32 Å². The predicted octanol–water partition coefficient (Wildman–Crippen LogP) is 2.29. The van der Waals surface area contributed by atoms with Crippen molar-refractivity contribution in [2.45, 2.75) is 23.7 Å². The van der Waals surface area contributed by atoms with Crippen molar-refractivity contribution in [1.29, 1.82) is 0 Å². The van der Waals surface area contributed by atoms with Crippen LogP contribution in [0.3, 0.4) is 0 Å². The zero-order valence-corrected chi connectivity index (χ0v) is 15.5. The number of amides is 1. The van der Waals surface area contributed by atoms with E-state index in [0.29, 0.717) is 18.7 Å². The number of fused-ring (bicyclic) bond motifs is 2. The molecule has 1 amide bonds. The fourth-order valence-corrected chi connectivity index (χ4v) is 5.26. The number of methoxy groups -OCH3 is 1. The van der Waals surface area contributed by atoms with Crippen LogP contribution in [0.4, 0.5) is 5.69 Å². The van der Waals surface area contributed by atoms with Crippen LogP contribution in [0.25, 0.3) is 0 Å². The summed E-state index contributed by atoms with van der Waals surface area (Å²) >= 11 is 0. The number of hydrogen-bond acceptors (Lipinski definition) is 4. The van der Waals surface area contributed by atoms with Gasteiger partial charge in [0, 0.05) is 18.8 Å². The average Bonchev–Trinajstić information content (AvgIpc) is 3.19. The largest absolute Gasteiger partial charge is 0.497 e. The smallest absolute Gasteiger partial charge is 0.243 e.